The Morgan fingerprint density at radius 1 is 1.35 bits per heavy atom. The van der Waals surface area contributed by atoms with Crippen LogP contribution in [0, 0.1) is 5.92 Å². The van der Waals surface area contributed by atoms with Gasteiger partial charge >= 0.3 is 0 Å². The lowest BCUT2D eigenvalue weighted by atomic mass is 9.88. The van der Waals surface area contributed by atoms with Crippen molar-refractivity contribution in [2.24, 2.45) is 5.92 Å². The molecule has 1 aromatic rings. The number of rotatable bonds is 3. The van der Waals surface area contributed by atoms with Crippen molar-refractivity contribution in [2.75, 3.05) is 5.73 Å². The zero-order chi connectivity index (χ0) is 12.3. The van der Waals surface area contributed by atoms with Gasteiger partial charge in [-0.25, -0.2) is 0 Å². The first-order chi connectivity index (χ1) is 8.18. The second-order valence-corrected chi connectivity index (χ2v) is 5.77. The van der Waals surface area contributed by atoms with Crippen LogP contribution in [0.2, 0.25) is 0 Å². The van der Waals surface area contributed by atoms with Gasteiger partial charge in [-0.15, -0.1) is 0 Å². The molecule has 2 rings (SSSR count). The topological polar surface area (TPSA) is 35.2 Å². The van der Waals surface area contributed by atoms with E-state index in [4.69, 9.17) is 10.5 Å². The Bertz CT molecular complexity index is 360. The summed E-state index contributed by atoms with van der Waals surface area (Å²) in [6, 6.07) is 5.89. The lowest BCUT2D eigenvalue weighted by Gasteiger charge is -2.29. The molecule has 2 N–H and O–H groups in total. The van der Waals surface area contributed by atoms with Crippen LogP contribution in [0.25, 0.3) is 0 Å². The molecule has 0 saturated heterocycles. The smallest absolute Gasteiger partial charge is 0.0751 e. The van der Waals surface area contributed by atoms with Gasteiger partial charge in [-0.3, -0.25) is 0 Å². The fourth-order valence-corrected chi connectivity index (χ4v) is 2.94. The highest BCUT2D eigenvalue weighted by atomic mass is 79.9. The number of nitrogens with two attached hydrogens (primary N) is 1. The van der Waals surface area contributed by atoms with E-state index < -0.39 is 0 Å². The van der Waals surface area contributed by atoms with Gasteiger partial charge in [0.2, 0.25) is 0 Å². The summed E-state index contributed by atoms with van der Waals surface area (Å²) in [5.41, 5.74) is 7.84. The molecule has 2 unspecified atom stereocenters. The summed E-state index contributed by atoms with van der Waals surface area (Å²) in [5, 5.41) is 0. The summed E-state index contributed by atoms with van der Waals surface area (Å²) in [4.78, 5) is 0. The van der Waals surface area contributed by atoms with E-state index >= 15 is 0 Å². The highest BCUT2D eigenvalue weighted by Crippen LogP contribution is 2.29. The second kappa shape index (κ2) is 5.87. The summed E-state index contributed by atoms with van der Waals surface area (Å²) in [5.74, 6) is 0.674. The predicted molar refractivity (Wildman–Crippen MR) is 74.8 cm³/mol. The SMILES string of the molecule is CC1CCCCC1OCc1c(N)cccc1Br. The molecule has 0 amide bonds. The van der Waals surface area contributed by atoms with Gasteiger partial charge < -0.3 is 10.5 Å². The minimum Gasteiger partial charge on any atom is -0.398 e. The summed E-state index contributed by atoms with van der Waals surface area (Å²) in [6.07, 6.45) is 5.51. The first-order valence-electron chi connectivity index (χ1n) is 6.33. The summed E-state index contributed by atoms with van der Waals surface area (Å²) in [7, 11) is 0. The van der Waals surface area contributed by atoms with Crippen LogP contribution < -0.4 is 5.73 Å². The van der Waals surface area contributed by atoms with Crippen molar-refractivity contribution >= 4 is 21.6 Å². The number of hydrogen-bond donors (Lipinski definition) is 1. The monoisotopic (exact) mass is 297 g/mol. The molecule has 2 atom stereocenters. The molecule has 0 bridgehead atoms. The third kappa shape index (κ3) is 3.23. The second-order valence-electron chi connectivity index (χ2n) is 4.92. The van der Waals surface area contributed by atoms with Crippen molar-refractivity contribution in [2.45, 2.75) is 45.3 Å². The van der Waals surface area contributed by atoms with E-state index in [-0.39, 0.29) is 0 Å². The number of ether oxygens (including phenoxy) is 1. The van der Waals surface area contributed by atoms with Crippen LogP contribution in [-0.4, -0.2) is 6.10 Å². The average Bonchev–Trinajstić information content (AvgIpc) is 2.30. The Morgan fingerprint density at radius 2 is 2.12 bits per heavy atom. The molecular formula is C14H20BrNO. The number of hydrogen-bond acceptors (Lipinski definition) is 2. The van der Waals surface area contributed by atoms with Crippen molar-refractivity contribution in [1.82, 2.24) is 0 Å². The number of halogens is 1. The molecule has 1 aromatic carbocycles. The third-order valence-electron chi connectivity index (χ3n) is 3.63. The van der Waals surface area contributed by atoms with Crippen molar-refractivity contribution in [3.63, 3.8) is 0 Å². The van der Waals surface area contributed by atoms with Crippen LogP contribution in [0.5, 0.6) is 0 Å². The Hall–Kier alpha value is -0.540. The standard InChI is InChI=1S/C14H20BrNO/c1-10-5-2-3-8-14(10)17-9-11-12(15)6-4-7-13(11)16/h4,6-7,10,14H,2-3,5,8-9,16H2,1H3. The van der Waals surface area contributed by atoms with Gasteiger partial charge in [0.25, 0.3) is 0 Å². The zero-order valence-corrected chi connectivity index (χ0v) is 11.9. The molecule has 0 spiro atoms. The Morgan fingerprint density at radius 3 is 2.82 bits per heavy atom. The van der Waals surface area contributed by atoms with Gasteiger partial charge in [-0.1, -0.05) is 41.8 Å². The number of nitrogen functional groups attached to an aromatic ring is 1. The zero-order valence-electron chi connectivity index (χ0n) is 10.3. The minimum absolute atomic E-state index is 0.398. The van der Waals surface area contributed by atoms with Crippen LogP contribution >= 0.6 is 15.9 Å². The molecule has 1 fully saturated rings. The average molecular weight is 298 g/mol. The van der Waals surface area contributed by atoms with E-state index in [0.29, 0.717) is 18.6 Å². The van der Waals surface area contributed by atoms with Gasteiger partial charge in [-0.05, 0) is 30.9 Å². The van der Waals surface area contributed by atoms with Crippen LogP contribution in [0.1, 0.15) is 38.2 Å². The quantitative estimate of drug-likeness (QED) is 0.852. The fraction of sp³-hybridized carbons (Fsp3) is 0.571. The molecule has 0 aliphatic heterocycles. The lowest BCUT2D eigenvalue weighted by Crippen LogP contribution is -2.25. The van der Waals surface area contributed by atoms with Crippen molar-refractivity contribution in [1.29, 1.82) is 0 Å². The van der Waals surface area contributed by atoms with Crippen LogP contribution in [0.4, 0.5) is 5.69 Å². The minimum atomic E-state index is 0.398. The molecule has 1 aliphatic carbocycles. The first kappa shape index (κ1) is 12.9. The van der Waals surface area contributed by atoms with Crippen molar-refractivity contribution in [3.8, 4) is 0 Å². The van der Waals surface area contributed by atoms with Crippen molar-refractivity contribution < 1.29 is 4.74 Å². The molecular weight excluding hydrogens is 278 g/mol. The summed E-state index contributed by atoms with van der Waals surface area (Å²) < 4.78 is 7.08. The Kier molecular flexibility index (Phi) is 4.46. The van der Waals surface area contributed by atoms with Gasteiger partial charge in [-0.2, -0.15) is 0 Å². The van der Waals surface area contributed by atoms with Crippen molar-refractivity contribution in [3.05, 3.63) is 28.2 Å². The molecule has 0 aromatic heterocycles. The van der Waals surface area contributed by atoms with Gasteiger partial charge in [0.05, 0.1) is 12.7 Å². The predicted octanol–water partition coefficient (Wildman–Crippen LogP) is 4.13. The van der Waals surface area contributed by atoms with E-state index in [1.54, 1.807) is 0 Å². The molecule has 94 valence electrons. The van der Waals surface area contributed by atoms with Gasteiger partial charge in [0, 0.05) is 15.7 Å². The largest absolute Gasteiger partial charge is 0.398 e. The van der Waals surface area contributed by atoms with E-state index in [1.165, 1.54) is 25.7 Å². The van der Waals surface area contributed by atoms with Gasteiger partial charge in [0.1, 0.15) is 0 Å². The molecule has 1 saturated carbocycles. The molecule has 0 radical (unpaired) electrons. The normalized spacial score (nSPS) is 24.8. The number of benzene rings is 1. The maximum absolute atomic E-state index is 6.03. The molecule has 17 heavy (non-hydrogen) atoms. The van der Waals surface area contributed by atoms with E-state index in [0.717, 1.165) is 15.7 Å². The molecule has 2 nitrogen and oxygen atoms in total. The number of anilines is 1. The maximum atomic E-state index is 6.03. The molecule has 1 aliphatic rings. The van der Waals surface area contributed by atoms with E-state index in [9.17, 15) is 0 Å². The summed E-state index contributed by atoms with van der Waals surface area (Å²) >= 11 is 3.53. The molecule has 0 heterocycles. The van der Waals surface area contributed by atoms with E-state index in [1.807, 2.05) is 18.2 Å². The van der Waals surface area contributed by atoms with Crippen LogP contribution in [0.15, 0.2) is 22.7 Å². The Labute approximate surface area is 112 Å². The first-order valence-corrected chi connectivity index (χ1v) is 7.12. The fourth-order valence-electron chi connectivity index (χ4n) is 2.45. The Balaban J connectivity index is 1.97. The maximum Gasteiger partial charge on any atom is 0.0751 e. The van der Waals surface area contributed by atoms with Gasteiger partial charge in [0.15, 0.2) is 0 Å². The third-order valence-corrected chi connectivity index (χ3v) is 4.37. The van der Waals surface area contributed by atoms with E-state index in [2.05, 4.69) is 22.9 Å². The lowest BCUT2D eigenvalue weighted by molar-refractivity contribution is -0.0154. The highest BCUT2D eigenvalue weighted by Gasteiger charge is 2.22. The highest BCUT2D eigenvalue weighted by molar-refractivity contribution is 9.10. The summed E-state index contributed by atoms with van der Waals surface area (Å²) in [6.45, 7) is 2.90. The molecule has 3 heteroatoms. The van der Waals surface area contributed by atoms with Crippen LogP contribution in [0.3, 0.4) is 0 Å². The van der Waals surface area contributed by atoms with Crippen LogP contribution in [-0.2, 0) is 11.3 Å².